The number of rotatable bonds is 13. The summed E-state index contributed by atoms with van der Waals surface area (Å²) in [7, 11) is 0. The molecular formula is C32H37N3OS. The third kappa shape index (κ3) is 7.14. The summed E-state index contributed by atoms with van der Waals surface area (Å²) in [5.74, 6) is 0.886. The summed E-state index contributed by atoms with van der Waals surface area (Å²) in [5.41, 5.74) is 6.53. The molecule has 37 heavy (non-hydrogen) atoms. The summed E-state index contributed by atoms with van der Waals surface area (Å²) in [6.07, 6.45) is 5.34. The number of unbranched alkanes of at least 4 members (excludes halogenated alkanes) is 1. The molecule has 5 heteroatoms. The zero-order valence-corrected chi connectivity index (χ0v) is 22.8. The van der Waals surface area contributed by atoms with Crippen molar-refractivity contribution in [3.8, 4) is 22.5 Å². The summed E-state index contributed by atoms with van der Waals surface area (Å²) >= 11 is 1.77. The largest absolute Gasteiger partial charge is 0.352 e. The van der Waals surface area contributed by atoms with Crippen LogP contribution in [-0.4, -0.2) is 27.8 Å². The van der Waals surface area contributed by atoms with Gasteiger partial charge < -0.3 is 9.88 Å². The predicted molar refractivity (Wildman–Crippen MR) is 156 cm³/mol. The maximum atomic E-state index is 12.6. The van der Waals surface area contributed by atoms with Crippen molar-refractivity contribution in [2.75, 3.05) is 12.3 Å². The fourth-order valence-electron chi connectivity index (χ4n) is 4.40. The van der Waals surface area contributed by atoms with Gasteiger partial charge in [0.25, 0.3) is 5.91 Å². The van der Waals surface area contributed by atoms with Crippen molar-refractivity contribution >= 4 is 17.7 Å². The first-order valence-corrected chi connectivity index (χ1v) is 14.4. The number of nitrogens with zero attached hydrogens (tertiary/aromatic N) is 2. The SMILES string of the molecule is CCCCc1ccc(C(=O)NCCCSc2nc(-c3ccccc3)c(-c3ccccc3)n2CCC)cc1. The van der Waals surface area contributed by atoms with Crippen LogP contribution in [0.15, 0.2) is 90.1 Å². The third-order valence-corrected chi connectivity index (χ3v) is 7.41. The number of carbonyl (C=O) groups is 1. The highest BCUT2D eigenvalue weighted by atomic mass is 32.2. The first-order chi connectivity index (χ1) is 18.2. The van der Waals surface area contributed by atoms with E-state index in [9.17, 15) is 4.79 Å². The number of carbonyl (C=O) groups excluding carboxylic acids is 1. The van der Waals surface area contributed by atoms with Crippen LogP contribution < -0.4 is 5.32 Å². The van der Waals surface area contributed by atoms with Gasteiger partial charge in [0.1, 0.15) is 0 Å². The van der Waals surface area contributed by atoms with E-state index in [4.69, 9.17) is 4.98 Å². The Balaban J connectivity index is 1.41. The van der Waals surface area contributed by atoms with E-state index >= 15 is 0 Å². The molecule has 0 bridgehead atoms. The minimum Gasteiger partial charge on any atom is -0.352 e. The fourth-order valence-corrected chi connectivity index (χ4v) is 5.37. The summed E-state index contributed by atoms with van der Waals surface area (Å²) in [6, 6.07) is 29.0. The van der Waals surface area contributed by atoms with Gasteiger partial charge in [-0.05, 0) is 43.4 Å². The lowest BCUT2D eigenvalue weighted by atomic mass is 10.0. The van der Waals surface area contributed by atoms with Gasteiger partial charge >= 0.3 is 0 Å². The number of aromatic nitrogens is 2. The number of benzene rings is 3. The Morgan fingerprint density at radius 2 is 1.51 bits per heavy atom. The average molecular weight is 512 g/mol. The summed E-state index contributed by atoms with van der Waals surface area (Å²) in [4.78, 5) is 17.7. The standard InChI is InChI=1S/C32H37N3OS/c1-3-5-13-25-18-20-28(21-19-25)31(36)33-22-12-24-37-32-34-29(26-14-8-6-9-15-26)30(35(32)23-4-2)27-16-10-7-11-17-27/h6-11,14-21H,3-5,12-13,22-24H2,1-2H3,(H,33,36). The lowest BCUT2D eigenvalue weighted by molar-refractivity contribution is 0.0954. The summed E-state index contributed by atoms with van der Waals surface area (Å²) in [5, 5.41) is 4.11. The molecule has 3 aromatic carbocycles. The Kier molecular flexibility index (Phi) is 10.0. The Morgan fingerprint density at radius 3 is 2.16 bits per heavy atom. The molecule has 0 unspecified atom stereocenters. The lowest BCUT2D eigenvalue weighted by Crippen LogP contribution is -2.24. The van der Waals surface area contributed by atoms with Crippen molar-refractivity contribution in [3.05, 3.63) is 96.1 Å². The van der Waals surface area contributed by atoms with E-state index in [1.165, 1.54) is 29.7 Å². The molecule has 0 saturated carbocycles. The first kappa shape index (κ1) is 26.7. The van der Waals surface area contributed by atoms with E-state index in [-0.39, 0.29) is 5.91 Å². The molecule has 1 amide bonds. The van der Waals surface area contributed by atoms with Crippen LogP contribution in [-0.2, 0) is 13.0 Å². The molecule has 0 radical (unpaired) electrons. The quantitative estimate of drug-likeness (QED) is 0.147. The van der Waals surface area contributed by atoms with Crippen LogP contribution in [0.5, 0.6) is 0 Å². The maximum Gasteiger partial charge on any atom is 0.251 e. The molecule has 1 N–H and O–H groups in total. The molecule has 0 aliphatic rings. The molecule has 0 atom stereocenters. The molecule has 0 saturated heterocycles. The van der Waals surface area contributed by atoms with Gasteiger partial charge in [0.05, 0.1) is 11.4 Å². The van der Waals surface area contributed by atoms with E-state index in [1.807, 2.05) is 18.2 Å². The second kappa shape index (κ2) is 13.8. The zero-order chi connectivity index (χ0) is 25.9. The third-order valence-electron chi connectivity index (χ3n) is 6.35. The minimum absolute atomic E-state index is 0.00254. The number of thioether (sulfide) groups is 1. The topological polar surface area (TPSA) is 46.9 Å². The van der Waals surface area contributed by atoms with Crippen LogP contribution >= 0.6 is 11.8 Å². The molecule has 0 aliphatic heterocycles. The van der Waals surface area contributed by atoms with Gasteiger partial charge in [0.15, 0.2) is 5.16 Å². The molecular weight excluding hydrogens is 474 g/mol. The molecule has 0 spiro atoms. The molecule has 4 nitrogen and oxygen atoms in total. The molecule has 0 fully saturated rings. The van der Waals surface area contributed by atoms with Gasteiger partial charge in [-0.25, -0.2) is 4.98 Å². The Morgan fingerprint density at radius 1 is 0.838 bits per heavy atom. The molecule has 4 rings (SSSR count). The van der Waals surface area contributed by atoms with Gasteiger partial charge in [0.2, 0.25) is 0 Å². The molecule has 1 aromatic heterocycles. The molecule has 4 aromatic rings. The maximum absolute atomic E-state index is 12.6. The van der Waals surface area contributed by atoms with Crippen molar-refractivity contribution in [1.29, 1.82) is 0 Å². The number of nitrogens with one attached hydrogen (secondary N) is 1. The van der Waals surface area contributed by atoms with E-state index in [0.29, 0.717) is 6.54 Å². The highest BCUT2D eigenvalue weighted by Gasteiger charge is 2.19. The van der Waals surface area contributed by atoms with E-state index < -0.39 is 0 Å². The Labute approximate surface area is 225 Å². The van der Waals surface area contributed by atoms with Crippen molar-refractivity contribution in [1.82, 2.24) is 14.9 Å². The highest BCUT2D eigenvalue weighted by Crippen LogP contribution is 2.36. The van der Waals surface area contributed by atoms with Gasteiger partial charge in [-0.2, -0.15) is 0 Å². The summed E-state index contributed by atoms with van der Waals surface area (Å²) < 4.78 is 2.36. The monoisotopic (exact) mass is 511 g/mol. The minimum atomic E-state index is -0.00254. The van der Waals surface area contributed by atoms with E-state index in [2.05, 4.69) is 90.5 Å². The van der Waals surface area contributed by atoms with Crippen LogP contribution in [0.4, 0.5) is 0 Å². The highest BCUT2D eigenvalue weighted by molar-refractivity contribution is 7.99. The van der Waals surface area contributed by atoms with Gasteiger partial charge in [0, 0.05) is 35.5 Å². The van der Waals surface area contributed by atoms with E-state index in [1.54, 1.807) is 11.8 Å². The van der Waals surface area contributed by atoms with Crippen molar-refractivity contribution in [2.24, 2.45) is 0 Å². The number of amides is 1. The second-order valence-electron chi connectivity index (χ2n) is 9.23. The van der Waals surface area contributed by atoms with Crippen molar-refractivity contribution in [2.45, 2.75) is 57.7 Å². The average Bonchev–Trinajstić information content (AvgIpc) is 3.31. The number of imidazole rings is 1. The second-order valence-corrected chi connectivity index (χ2v) is 10.3. The fraction of sp³-hybridized carbons (Fsp3) is 0.312. The van der Waals surface area contributed by atoms with Crippen LogP contribution in [0.1, 0.15) is 55.5 Å². The van der Waals surface area contributed by atoms with Gasteiger partial charge in [-0.3, -0.25) is 4.79 Å². The van der Waals surface area contributed by atoms with Gasteiger partial charge in [-0.15, -0.1) is 0 Å². The first-order valence-electron chi connectivity index (χ1n) is 13.4. The molecule has 0 aliphatic carbocycles. The smallest absolute Gasteiger partial charge is 0.251 e. The van der Waals surface area contributed by atoms with E-state index in [0.717, 1.165) is 53.5 Å². The molecule has 1 heterocycles. The lowest BCUT2D eigenvalue weighted by Gasteiger charge is -2.12. The zero-order valence-electron chi connectivity index (χ0n) is 22.0. The summed E-state index contributed by atoms with van der Waals surface area (Å²) in [6.45, 7) is 5.96. The Bertz CT molecular complexity index is 1250. The van der Waals surface area contributed by atoms with Crippen molar-refractivity contribution in [3.63, 3.8) is 0 Å². The van der Waals surface area contributed by atoms with Crippen molar-refractivity contribution < 1.29 is 4.79 Å². The molecule has 192 valence electrons. The Hall–Kier alpha value is -3.31. The predicted octanol–water partition coefficient (Wildman–Crippen LogP) is 7.88. The van der Waals surface area contributed by atoms with Gasteiger partial charge in [-0.1, -0.05) is 105 Å². The van der Waals surface area contributed by atoms with Crippen LogP contribution in [0, 0.1) is 0 Å². The number of aryl methyl sites for hydroxylation is 1. The number of hydrogen-bond donors (Lipinski definition) is 1. The normalized spacial score (nSPS) is 11.0. The van der Waals surface area contributed by atoms with Crippen LogP contribution in [0.3, 0.4) is 0 Å². The van der Waals surface area contributed by atoms with Crippen LogP contribution in [0.2, 0.25) is 0 Å². The van der Waals surface area contributed by atoms with Crippen LogP contribution in [0.25, 0.3) is 22.5 Å². The number of hydrogen-bond acceptors (Lipinski definition) is 3.